The first kappa shape index (κ1) is 27.7. The minimum absolute atomic E-state index is 0.270. The van der Waals surface area contributed by atoms with E-state index in [9.17, 15) is 14.7 Å². The number of unbranched alkanes of at least 4 members (excludes halogenated alkanes) is 16. The summed E-state index contributed by atoms with van der Waals surface area (Å²) in [6.07, 6.45) is 23.9. The molecule has 2 N–H and O–H groups in total. The van der Waals surface area contributed by atoms with Gasteiger partial charge in [-0.15, -0.1) is 0 Å². The molecule has 0 aromatic carbocycles. The zero-order valence-corrected chi connectivity index (χ0v) is 18.9. The van der Waals surface area contributed by atoms with Gasteiger partial charge in [0.2, 0.25) is 0 Å². The van der Waals surface area contributed by atoms with E-state index in [1.807, 2.05) is 6.08 Å². The van der Waals surface area contributed by atoms with E-state index >= 15 is 0 Å². The molecule has 0 aliphatic rings. The van der Waals surface area contributed by atoms with Crippen molar-refractivity contribution in [3.05, 3.63) is 11.6 Å². The summed E-state index contributed by atoms with van der Waals surface area (Å²) in [5.41, 5.74) is 0.586. The van der Waals surface area contributed by atoms with Gasteiger partial charge in [-0.1, -0.05) is 103 Å². The van der Waals surface area contributed by atoms with Gasteiger partial charge in [0.05, 0.1) is 0 Å². The van der Waals surface area contributed by atoms with Crippen LogP contribution in [0.4, 0.5) is 0 Å². The van der Waals surface area contributed by atoms with Gasteiger partial charge in [0.1, 0.15) is 0 Å². The number of hydrogen-bond acceptors (Lipinski definition) is 2. The molecule has 29 heavy (non-hydrogen) atoms. The largest absolute Gasteiger partial charge is 0.481 e. The molecule has 170 valence electrons. The minimum Gasteiger partial charge on any atom is -0.481 e. The average molecular weight is 411 g/mol. The molecule has 0 heterocycles. The Balaban J connectivity index is 3.59. The standard InChI is InChI=1S/C25H46O4/c1-2-3-4-5-6-7-8-9-11-14-17-20-23(25(28)29)21-18-15-12-10-13-16-19-22-24(26)27/h20H,2-19,21-22H2,1H3,(H,26,27)(H,28,29). The van der Waals surface area contributed by atoms with Gasteiger partial charge in [0, 0.05) is 12.0 Å². The van der Waals surface area contributed by atoms with Crippen LogP contribution in [0.25, 0.3) is 0 Å². The average Bonchev–Trinajstić information content (AvgIpc) is 2.68. The Morgan fingerprint density at radius 1 is 0.586 bits per heavy atom. The Morgan fingerprint density at radius 2 is 1.00 bits per heavy atom. The second kappa shape index (κ2) is 21.4. The number of aliphatic carboxylic acids is 2. The first-order valence-electron chi connectivity index (χ1n) is 12.2. The maximum Gasteiger partial charge on any atom is 0.331 e. The Labute approximate surface area is 179 Å². The van der Waals surface area contributed by atoms with Crippen LogP contribution >= 0.6 is 0 Å². The molecule has 0 aromatic heterocycles. The van der Waals surface area contributed by atoms with Gasteiger partial charge < -0.3 is 10.2 Å². The van der Waals surface area contributed by atoms with Gasteiger partial charge in [-0.25, -0.2) is 4.79 Å². The monoisotopic (exact) mass is 410 g/mol. The molecule has 0 bridgehead atoms. The lowest BCUT2D eigenvalue weighted by atomic mass is 10.0. The van der Waals surface area contributed by atoms with Crippen molar-refractivity contribution in [2.24, 2.45) is 0 Å². The van der Waals surface area contributed by atoms with E-state index in [1.54, 1.807) is 0 Å². The third kappa shape index (κ3) is 21.2. The highest BCUT2D eigenvalue weighted by atomic mass is 16.4. The molecule has 0 radical (unpaired) electrons. The highest BCUT2D eigenvalue weighted by molar-refractivity contribution is 5.86. The Morgan fingerprint density at radius 3 is 1.45 bits per heavy atom. The van der Waals surface area contributed by atoms with Crippen LogP contribution in [0.1, 0.15) is 135 Å². The zero-order valence-electron chi connectivity index (χ0n) is 18.9. The Kier molecular flexibility index (Phi) is 20.4. The van der Waals surface area contributed by atoms with Crippen molar-refractivity contribution < 1.29 is 19.8 Å². The molecule has 0 aliphatic heterocycles. The van der Waals surface area contributed by atoms with Crippen LogP contribution in [0.3, 0.4) is 0 Å². The lowest BCUT2D eigenvalue weighted by Crippen LogP contribution is -2.00. The van der Waals surface area contributed by atoms with Gasteiger partial charge in [-0.3, -0.25) is 4.79 Å². The predicted octanol–water partition coefficient (Wildman–Crippen LogP) is 7.90. The first-order valence-corrected chi connectivity index (χ1v) is 12.2. The summed E-state index contributed by atoms with van der Waals surface area (Å²) in [4.78, 5) is 21.8. The number of allylic oxidation sites excluding steroid dienone is 1. The van der Waals surface area contributed by atoms with Gasteiger partial charge in [0.15, 0.2) is 0 Å². The van der Waals surface area contributed by atoms with E-state index < -0.39 is 11.9 Å². The topological polar surface area (TPSA) is 74.6 Å². The Bertz CT molecular complexity index is 429. The molecule has 0 aromatic rings. The van der Waals surface area contributed by atoms with Crippen molar-refractivity contribution in [3.63, 3.8) is 0 Å². The molecule has 0 saturated heterocycles. The summed E-state index contributed by atoms with van der Waals surface area (Å²) in [6, 6.07) is 0. The van der Waals surface area contributed by atoms with Crippen LogP contribution in [-0.2, 0) is 9.59 Å². The molecular weight excluding hydrogens is 364 g/mol. The lowest BCUT2D eigenvalue weighted by molar-refractivity contribution is -0.137. The predicted molar refractivity (Wildman–Crippen MR) is 121 cm³/mol. The van der Waals surface area contributed by atoms with Gasteiger partial charge in [-0.2, -0.15) is 0 Å². The maximum atomic E-state index is 11.4. The second-order valence-corrected chi connectivity index (χ2v) is 8.37. The van der Waals surface area contributed by atoms with Crippen molar-refractivity contribution in [1.29, 1.82) is 0 Å². The number of carboxylic acid groups (broad SMARTS) is 2. The SMILES string of the molecule is CCCCCCCCCCCCC=C(CCCCCCCCCC(=O)O)C(=O)O. The van der Waals surface area contributed by atoms with Crippen LogP contribution in [0.15, 0.2) is 11.6 Å². The molecule has 0 spiro atoms. The van der Waals surface area contributed by atoms with Crippen molar-refractivity contribution >= 4 is 11.9 Å². The number of carboxylic acids is 2. The van der Waals surface area contributed by atoms with Crippen molar-refractivity contribution in [2.75, 3.05) is 0 Å². The Hall–Kier alpha value is -1.32. The number of carbonyl (C=O) groups is 2. The molecule has 0 rings (SSSR count). The summed E-state index contributed by atoms with van der Waals surface area (Å²) in [5, 5.41) is 18.0. The van der Waals surface area contributed by atoms with Crippen molar-refractivity contribution in [3.8, 4) is 0 Å². The molecule has 0 fully saturated rings. The number of hydrogen-bond donors (Lipinski definition) is 2. The van der Waals surface area contributed by atoms with Gasteiger partial charge in [0.25, 0.3) is 0 Å². The lowest BCUT2D eigenvalue weighted by Gasteiger charge is -2.04. The first-order chi connectivity index (χ1) is 14.1. The summed E-state index contributed by atoms with van der Waals surface area (Å²) in [5.74, 6) is -1.47. The molecule has 0 saturated carbocycles. The third-order valence-corrected chi connectivity index (χ3v) is 5.56. The van der Waals surface area contributed by atoms with Gasteiger partial charge >= 0.3 is 11.9 Å². The fraction of sp³-hybridized carbons (Fsp3) is 0.840. The fourth-order valence-corrected chi connectivity index (χ4v) is 3.68. The third-order valence-electron chi connectivity index (χ3n) is 5.56. The van der Waals surface area contributed by atoms with Crippen LogP contribution < -0.4 is 0 Å². The zero-order chi connectivity index (χ0) is 21.6. The normalized spacial score (nSPS) is 11.7. The van der Waals surface area contributed by atoms with E-state index in [2.05, 4.69) is 6.92 Å². The smallest absolute Gasteiger partial charge is 0.331 e. The summed E-state index contributed by atoms with van der Waals surface area (Å²) in [7, 11) is 0. The molecule has 0 aliphatic carbocycles. The number of rotatable bonds is 22. The summed E-state index contributed by atoms with van der Waals surface area (Å²) in [6.45, 7) is 2.25. The molecule has 0 amide bonds. The molecule has 4 nitrogen and oxygen atoms in total. The van der Waals surface area contributed by atoms with Crippen molar-refractivity contribution in [1.82, 2.24) is 0 Å². The second-order valence-electron chi connectivity index (χ2n) is 8.37. The molecule has 0 unspecified atom stereocenters. The fourth-order valence-electron chi connectivity index (χ4n) is 3.68. The molecule has 4 heteroatoms. The van der Waals surface area contributed by atoms with E-state index in [1.165, 1.54) is 57.8 Å². The van der Waals surface area contributed by atoms with E-state index in [4.69, 9.17) is 5.11 Å². The van der Waals surface area contributed by atoms with Gasteiger partial charge in [-0.05, 0) is 32.1 Å². The van der Waals surface area contributed by atoms with Crippen LogP contribution in [-0.4, -0.2) is 22.2 Å². The summed E-state index contributed by atoms with van der Waals surface area (Å²) < 4.78 is 0. The quantitative estimate of drug-likeness (QED) is 0.140. The van der Waals surface area contributed by atoms with E-state index in [0.29, 0.717) is 12.0 Å². The van der Waals surface area contributed by atoms with Crippen LogP contribution in [0, 0.1) is 0 Å². The molecule has 0 atom stereocenters. The molecular formula is C25H46O4. The highest BCUT2D eigenvalue weighted by Crippen LogP contribution is 2.16. The summed E-state index contributed by atoms with van der Waals surface area (Å²) >= 11 is 0. The van der Waals surface area contributed by atoms with E-state index in [-0.39, 0.29) is 6.42 Å². The van der Waals surface area contributed by atoms with E-state index in [0.717, 1.165) is 57.8 Å². The highest BCUT2D eigenvalue weighted by Gasteiger charge is 2.06. The van der Waals surface area contributed by atoms with Crippen LogP contribution in [0.2, 0.25) is 0 Å². The van der Waals surface area contributed by atoms with Crippen LogP contribution in [0.5, 0.6) is 0 Å². The minimum atomic E-state index is -0.759. The van der Waals surface area contributed by atoms with Crippen molar-refractivity contribution in [2.45, 2.75) is 135 Å². The maximum absolute atomic E-state index is 11.4.